The number of nitrogens with one attached hydrogen (secondary N) is 3. The number of hydrogen-bond acceptors (Lipinski definition) is 2. The molecule has 10 heteroatoms. The maximum Gasteiger partial charge on any atom is 0.228 e. The Hall–Kier alpha value is -0.170. The van der Waals surface area contributed by atoms with Gasteiger partial charge in [-0.25, -0.2) is 0 Å². The Bertz CT molecular complexity index is 639. The van der Waals surface area contributed by atoms with Gasteiger partial charge in [0, 0.05) is 11.4 Å². The van der Waals surface area contributed by atoms with Gasteiger partial charge < -0.3 is 16.0 Å². The van der Waals surface area contributed by atoms with Crippen LogP contribution in [0.1, 0.15) is 45.4 Å². The molecule has 0 radical (unpaired) electrons. The van der Waals surface area contributed by atoms with Crippen LogP contribution in [-0.4, -0.2) is 21.0 Å². The zero-order chi connectivity index (χ0) is 20.4. The van der Waals surface area contributed by atoms with Gasteiger partial charge in [0.1, 0.15) is 6.17 Å². The topological polar surface area (TPSA) is 53.2 Å². The first-order valence-electron chi connectivity index (χ1n) is 8.52. The van der Waals surface area contributed by atoms with Crippen LogP contribution in [0.5, 0.6) is 0 Å². The smallest absolute Gasteiger partial charge is 0.228 e. The summed E-state index contributed by atoms with van der Waals surface area (Å²) >= 11 is 35.1. The van der Waals surface area contributed by atoms with Crippen molar-refractivity contribution in [1.82, 2.24) is 10.6 Å². The first-order chi connectivity index (χ1) is 12.6. The minimum atomic E-state index is -1.80. The first kappa shape index (κ1) is 24.9. The number of hydrogen-bond donors (Lipinski definition) is 3. The fourth-order valence-corrected chi connectivity index (χ4v) is 3.21. The van der Waals surface area contributed by atoms with Crippen molar-refractivity contribution >= 4 is 86.9 Å². The molecule has 1 aromatic rings. The highest BCUT2D eigenvalue weighted by Crippen LogP contribution is 2.30. The van der Waals surface area contributed by atoms with E-state index < -0.39 is 9.96 Å². The summed E-state index contributed by atoms with van der Waals surface area (Å²) in [5.41, 5.74) is 0.531. The number of carbonyl (C=O) groups is 1. The zero-order valence-corrected chi connectivity index (χ0v) is 19.4. The molecule has 0 saturated carbocycles. The van der Waals surface area contributed by atoms with Crippen molar-refractivity contribution in [3.63, 3.8) is 0 Å². The Morgan fingerprint density at radius 2 is 1.78 bits per heavy atom. The minimum absolute atomic E-state index is 0.138. The van der Waals surface area contributed by atoms with Crippen molar-refractivity contribution in [3.05, 3.63) is 28.2 Å². The maximum atomic E-state index is 12.1. The van der Waals surface area contributed by atoms with Crippen molar-refractivity contribution < 1.29 is 4.79 Å². The van der Waals surface area contributed by atoms with Gasteiger partial charge in [0.05, 0.1) is 10.7 Å². The lowest BCUT2D eigenvalue weighted by Gasteiger charge is -2.28. The summed E-state index contributed by atoms with van der Waals surface area (Å²) in [5.74, 6) is -0.220. The van der Waals surface area contributed by atoms with Crippen LogP contribution in [-0.2, 0) is 4.79 Å². The molecule has 27 heavy (non-hydrogen) atoms. The molecule has 1 amide bonds. The summed E-state index contributed by atoms with van der Waals surface area (Å²) in [6.45, 7) is 2.14. The molecule has 0 aliphatic heterocycles. The van der Waals surface area contributed by atoms with Crippen LogP contribution in [0.2, 0.25) is 10.0 Å². The highest BCUT2D eigenvalue weighted by Gasteiger charge is 2.34. The predicted molar refractivity (Wildman–Crippen MR) is 121 cm³/mol. The molecule has 3 N–H and O–H groups in total. The maximum absolute atomic E-state index is 12.1. The van der Waals surface area contributed by atoms with Crippen LogP contribution in [0.15, 0.2) is 18.2 Å². The second-order valence-corrected chi connectivity index (χ2v) is 9.55. The number of carbonyl (C=O) groups excluding carboxylic acids is 1. The zero-order valence-electron chi connectivity index (χ0n) is 14.8. The molecule has 0 heterocycles. The molecule has 0 spiro atoms. The van der Waals surface area contributed by atoms with Crippen molar-refractivity contribution in [2.75, 3.05) is 5.32 Å². The summed E-state index contributed by atoms with van der Waals surface area (Å²) in [6.07, 6.45) is 4.53. The van der Waals surface area contributed by atoms with Crippen LogP contribution < -0.4 is 16.0 Å². The van der Waals surface area contributed by atoms with E-state index in [-0.39, 0.29) is 11.0 Å². The SMILES string of the molecule is CCCCCCCC(=O)NC(NC(=S)Nc1ccc(Cl)cc1Cl)C(Cl)(Cl)Cl. The van der Waals surface area contributed by atoms with E-state index in [1.165, 1.54) is 0 Å². The van der Waals surface area contributed by atoms with Crippen molar-refractivity contribution in [3.8, 4) is 0 Å². The molecule has 1 rings (SSSR count). The lowest BCUT2D eigenvalue weighted by atomic mass is 10.1. The molecule has 1 unspecified atom stereocenters. The van der Waals surface area contributed by atoms with Gasteiger partial charge in [0.25, 0.3) is 0 Å². The Morgan fingerprint density at radius 3 is 2.37 bits per heavy atom. The number of alkyl halides is 3. The van der Waals surface area contributed by atoms with Crippen LogP contribution in [0.4, 0.5) is 5.69 Å². The Labute approximate surface area is 190 Å². The second kappa shape index (κ2) is 12.4. The highest BCUT2D eigenvalue weighted by molar-refractivity contribution is 7.80. The molecule has 4 nitrogen and oxygen atoms in total. The molecule has 0 saturated heterocycles. The van der Waals surface area contributed by atoms with E-state index in [2.05, 4.69) is 22.9 Å². The van der Waals surface area contributed by atoms with Gasteiger partial charge in [-0.2, -0.15) is 0 Å². The summed E-state index contributed by atoms with van der Waals surface area (Å²) in [6, 6.07) is 4.89. The van der Waals surface area contributed by atoms with E-state index in [1.54, 1.807) is 18.2 Å². The Kier molecular flexibility index (Phi) is 11.4. The molecule has 1 aromatic carbocycles. The van der Waals surface area contributed by atoms with Crippen LogP contribution in [0, 0.1) is 0 Å². The predicted octanol–water partition coefficient (Wildman–Crippen LogP) is 6.45. The van der Waals surface area contributed by atoms with Crippen molar-refractivity contribution in [2.24, 2.45) is 0 Å². The van der Waals surface area contributed by atoms with Crippen LogP contribution >= 0.6 is 70.2 Å². The number of unbranched alkanes of at least 4 members (excludes halogenated alkanes) is 4. The quantitative estimate of drug-likeness (QED) is 0.160. The average molecular weight is 494 g/mol. The van der Waals surface area contributed by atoms with E-state index in [0.29, 0.717) is 22.2 Å². The molecule has 0 bridgehead atoms. The first-order valence-corrected chi connectivity index (χ1v) is 10.8. The molecule has 0 aliphatic carbocycles. The third-order valence-electron chi connectivity index (χ3n) is 3.59. The van der Waals surface area contributed by atoms with Crippen molar-refractivity contribution in [1.29, 1.82) is 0 Å². The summed E-state index contributed by atoms with van der Waals surface area (Å²) in [4.78, 5) is 12.1. The molecule has 1 atom stereocenters. The van der Waals surface area contributed by atoms with E-state index in [4.69, 9.17) is 70.2 Å². The number of rotatable bonds is 9. The van der Waals surface area contributed by atoms with Gasteiger partial charge >= 0.3 is 0 Å². The lowest BCUT2D eigenvalue weighted by Crippen LogP contribution is -2.56. The van der Waals surface area contributed by atoms with Crippen molar-refractivity contribution in [2.45, 2.75) is 55.4 Å². The fourth-order valence-electron chi connectivity index (χ4n) is 2.20. The van der Waals surface area contributed by atoms with E-state index in [9.17, 15) is 4.79 Å². The van der Waals surface area contributed by atoms with Crippen LogP contribution in [0.3, 0.4) is 0 Å². The molecule has 0 aromatic heterocycles. The largest absolute Gasteiger partial charge is 0.339 e. The number of thiocarbonyl (C=S) groups is 1. The third kappa shape index (κ3) is 10.2. The fraction of sp³-hybridized carbons (Fsp3) is 0.529. The summed E-state index contributed by atoms with van der Waals surface area (Å²) < 4.78 is -1.80. The standard InChI is InChI=1S/C17H22Cl5N3OS/c1-2-3-4-5-6-7-14(26)24-15(17(20,21)22)25-16(27)23-13-9-8-11(18)10-12(13)19/h8-10,15H,2-7H2,1H3,(H,24,26)(H2,23,25,27). The lowest BCUT2D eigenvalue weighted by molar-refractivity contribution is -0.122. The Balaban J connectivity index is 2.58. The van der Waals surface area contributed by atoms with Gasteiger partial charge in [-0.15, -0.1) is 0 Å². The van der Waals surface area contributed by atoms with Gasteiger partial charge in [0.2, 0.25) is 9.70 Å². The summed E-state index contributed by atoms with van der Waals surface area (Å²) in [5, 5.41) is 9.35. The third-order valence-corrected chi connectivity index (χ3v) is 5.02. The Morgan fingerprint density at radius 1 is 1.11 bits per heavy atom. The molecular formula is C17H22Cl5N3OS. The number of halogens is 5. The van der Waals surface area contributed by atoms with Crippen LogP contribution in [0.25, 0.3) is 0 Å². The summed E-state index contributed by atoms with van der Waals surface area (Å²) in [7, 11) is 0. The molecular weight excluding hydrogens is 472 g/mol. The molecule has 152 valence electrons. The van der Waals surface area contributed by atoms with Gasteiger partial charge in [-0.05, 0) is 36.8 Å². The molecule has 0 aliphatic rings. The van der Waals surface area contributed by atoms with E-state index >= 15 is 0 Å². The van der Waals surface area contributed by atoms with Gasteiger partial charge in [0.15, 0.2) is 5.11 Å². The second-order valence-electron chi connectivity index (χ2n) is 5.93. The molecule has 0 fully saturated rings. The van der Waals surface area contributed by atoms with E-state index in [1.807, 2.05) is 0 Å². The van der Waals surface area contributed by atoms with Gasteiger partial charge in [-0.3, -0.25) is 4.79 Å². The van der Waals surface area contributed by atoms with Gasteiger partial charge in [-0.1, -0.05) is 90.6 Å². The highest BCUT2D eigenvalue weighted by atomic mass is 35.6. The average Bonchev–Trinajstić information content (AvgIpc) is 2.56. The minimum Gasteiger partial charge on any atom is -0.339 e. The number of benzene rings is 1. The number of anilines is 1. The monoisotopic (exact) mass is 491 g/mol. The number of amides is 1. The normalized spacial score (nSPS) is 12.4. The van der Waals surface area contributed by atoms with E-state index in [0.717, 1.165) is 32.1 Å².